The van der Waals surface area contributed by atoms with E-state index in [4.69, 9.17) is 9.47 Å². The van der Waals surface area contributed by atoms with Gasteiger partial charge in [0.25, 0.3) is 11.8 Å². The summed E-state index contributed by atoms with van der Waals surface area (Å²) in [4.78, 5) is 37.6. The molecule has 33 heavy (non-hydrogen) atoms. The first-order valence-electron chi connectivity index (χ1n) is 10.0. The van der Waals surface area contributed by atoms with E-state index in [1.54, 1.807) is 78.9 Å². The zero-order chi connectivity index (χ0) is 23.0. The second-order valence-corrected chi connectivity index (χ2v) is 6.92. The van der Waals surface area contributed by atoms with Crippen molar-refractivity contribution in [1.29, 1.82) is 0 Å². The van der Waals surface area contributed by atoms with Gasteiger partial charge in [-0.15, -0.1) is 0 Å². The van der Waals surface area contributed by atoms with Gasteiger partial charge in [-0.05, 0) is 35.9 Å². The fourth-order valence-electron chi connectivity index (χ4n) is 3.00. The molecule has 164 valence electrons. The molecular formula is C25H19N3O5. The Bertz CT molecular complexity index is 1240. The summed E-state index contributed by atoms with van der Waals surface area (Å²) in [5.41, 5.74) is 3.63. The average Bonchev–Trinajstić information content (AvgIpc) is 3.32. The molecule has 0 atom stereocenters. The highest BCUT2D eigenvalue weighted by Crippen LogP contribution is 2.33. The van der Waals surface area contributed by atoms with Crippen LogP contribution in [0.5, 0.6) is 11.5 Å². The number of ketones is 1. The molecule has 1 aliphatic heterocycles. The molecule has 0 unspecified atom stereocenters. The minimum absolute atomic E-state index is 0.0629. The molecule has 0 saturated heterocycles. The lowest BCUT2D eigenvalue weighted by Gasteiger charge is -2.09. The van der Waals surface area contributed by atoms with Crippen molar-refractivity contribution in [2.45, 2.75) is 0 Å². The smallest absolute Gasteiger partial charge is 0.287 e. The SMILES string of the molecule is O=C(NN=CC(=O)c1ccccc1)/C(=C\c1ccc2c(c1)OCO2)NC(=O)c1ccccc1. The first kappa shape index (κ1) is 21.5. The number of hydrogen-bond donors (Lipinski definition) is 2. The third-order valence-corrected chi connectivity index (χ3v) is 4.64. The number of nitrogens with zero attached hydrogens (tertiary/aromatic N) is 1. The lowest BCUT2D eigenvalue weighted by molar-refractivity contribution is -0.117. The van der Waals surface area contributed by atoms with Crippen LogP contribution in [-0.4, -0.2) is 30.6 Å². The molecule has 2 N–H and O–H groups in total. The number of rotatable bonds is 7. The number of ether oxygens (including phenoxy) is 2. The van der Waals surface area contributed by atoms with Crippen LogP contribution >= 0.6 is 0 Å². The molecule has 0 spiro atoms. The Hall–Kier alpha value is -4.72. The van der Waals surface area contributed by atoms with E-state index in [-0.39, 0.29) is 18.3 Å². The fourth-order valence-corrected chi connectivity index (χ4v) is 3.00. The van der Waals surface area contributed by atoms with Gasteiger partial charge in [-0.1, -0.05) is 54.6 Å². The molecule has 0 fully saturated rings. The molecule has 0 saturated carbocycles. The molecular weight excluding hydrogens is 422 g/mol. The number of hydrogen-bond acceptors (Lipinski definition) is 6. The second kappa shape index (κ2) is 10.1. The molecule has 1 heterocycles. The third kappa shape index (κ3) is 5.50. The number of nitrogens with one attached hydrogen (secondary N) is 2. The Morgan fingerprint density at radius 3 is 2.21 bits per heavy atom. The largest absolute Gasteiger partial charge is 0.454 e. The van der Waals surface area contributed by atoms with Gasteiger partial charge in [0.2, 0.25) is 12.6 Å². The summed E-state index contributed by atoms with van der Waals surface area (Å²) < 4.78 is 10.7. The maximum absolute atomic E-state index is 12.8. The first-order chi connectivity index (χ1) is 16.1. The van der Waals surface area contributed by atoms with Gasteiger partial charge < -0.3 is 14.8 Å². The minimum atomic E-state index is -0.700. The van der Waals surface area contributed by atoms with E-state index in [1.165, 1.54) is 6.08 Å². The second-order valence-electron chi connectivity index (χ2n) is 6.92. The highest BCUT2D eigenvalue weighted by Gasteiger charge is 2.17. The Balaban J connectivity index is 1.53. The lowest BCUT2D eigenvalue weighted by Crippen LogP contribution is -2.33. The van der Waals surface area contributed by atoms with Crippen LogP contribution in [-0.2, 0) is 4.79 Å². The van der Waals surface area contributed by atoms with Crippen molar-refractivity contribution in [3.8, 4) is 11.5 Å². The molecule has 4 rings (SSSR count). The molecule has 3 aromatic rings. The summed E-state index contributed by atoms with van der Waals surface area (Å²) >= 11 is 0. The molecule has 8 nitrogen and oxygen atoms in total. The number of carbonyl (C=O) groups excluding carboxylic acids is 3. The van der Waals surface area contributed by atoms with Crippen LogP contribution in [0.25, 0.3) is 6.08 Å². The molecule has 1 aliphatic rings. The van der Waals surface area contributed by atoms with E-state index < -0.39 is 11.8 Å². The van der Waals surface area contributed by atoms with Crippen molar-refractivity contribution in [2.24, 2.45) is 5.10 Å². The normalized spacial score (nSPS) is 12.4. The Morgan fingerprint density at radius 2 is 1.48 bits per heavy atom. The zero-order valence-corrected chi connectivity index (χ0v) is 17.4. The number of carbonyl (C=O) groups is 3. The van der Waals surface area contributed by atoms with Crippen molar-refractivity contribution >= 4 is 29.9 Å². The van der Waals surface area contributed by atoms with E-state index in [9.17, 15) is 14.4 Å². The quantitative estimate of drug-likeness (QED) is 0.254. The van der Waals surface area contributed by atoms with Gasteiger partial charge in [0, 0.05) is 11.1 Å². The number of benzene rings is 3. The van der Waals surface area contributed by atoms with Gasteiger partial charge in [-0.3, -0.25) is 14.4 Å². The molecule has 0 radical (unpaired) electrons. The van der Waals surface area contributed by atoms with Crippen LogP contribution in [0.3, 0.4) is 0 Å². The molecule has 2 amide bonds. The molecule has 8 heteroatoms. The molecule has 0 aromatic heterocycles. The van der Waals surface area contributed by atoms with Gasteiger partial charge in [-0.2, -0.15) is 5.10 Å². The van der Waals surface area contributed by atoms with Gasteiger partial charge in [-0.25, -0.2) is 5.43 Å². The van der Waals surface area contributed by atoms with E-state index in [1.807, 2.05) is 0 Å². The lowest BCUT2D eigenvalue weighted by atomic mass is 10.1. The van der Waals surface area contributed by atoms with Crippen LogP contribution in [0, 0.1) is 0 Å². The van der Waals surface area contributed by atoms with Gasteiger partial charge in [0.1, 0.15) is 5.70 Å². The van der Waals surface area contributed by atoms with Crippen LogP contribution in [0.15, 0.2) is 89.7 Å². The highest BCUT2D eigenvalue weighted by atomic mass is 16.7. The summed E-state index contributed by atoms with van der Waals surface area (Å²) in [6.45, 7) is 0.116. The van der Waals surface area contributed by atoms with Gasteiger partial charge in [0.15, 0.2) is 11.5 Å². The first-order valence-corrected chi connectivity index (χ1v) is 10.0. The predicted octanol–water partition coefficient (Wildman–Crippen LogP) is 3.17. The monoisotopic (exact) mass is 441 g/mol. The number of hydrazone groups is 1. The summed E-state index contributed by atoms with van der Waals surface area (Å²) in [6.07, 6.45) is 2.48. The Kier molecular flexibility index (Phi) is 6.56. The predicted molar refractivity (Wildman–Crippen MR) is 122 cm³/mol. The summed E-state index contributed by atoms with van der Waals surface area (Å²) in [5.74, 6) is -0.415. The van der Waals surface area contributed by atoms with Crippen molar-refractivity contribution in [2.75, 3.05) is 6.79 Å². The Labute approximate surface area is 189 Å². The fraction of sp³-hybridized carbons (Fsp3) is 0.0400. The summed E-state index contributed by atoms with van der Waals surface area (Å²) in [6, 6.07) is 22.1. The maximum atomic E-state index is 12.8. The van der Waals surface area contributed by atoms with E-state index in [0.29, 0.717) is 28.2 Å². The number of Topliss-reactive ketones (excluding diaryl/α,β-unsaturated/α-hetero) is 1. The molecule has 0 bridgehead atoms. The number of amides is 2. The van der Waals surface area contributed by atoms with Crippen LogP contribution in [0.4, 0.5) is 0 Å². The van der Waals surface area contributed by atoms with Crippen LogP contribution in [0.1, 0.15) is 26.3 Å². The summed E-state index contributed by atoms with van der Waals surface area (Å²) in [7, 11) is 0. The molecule has 0 aliphatic carbocycles. The minimum Gasteiger partial charge on any atom is -0.454 e. The topological polar surface area (TPSA) is 106 Å². The maximum Gasteiger partial charge on any atom is 0.287 e. The van der Waals surface area contributed by atoms with Crippen molar-refractivity contribution in [3.63, 3.8) is 0 Å². The van der Waals surface area contributed by atoms with Gasteiger partial charge >= 0.3 is 0 Å². The summed E-state index contributed by atoms with van der Waals surface area (Å²) in [5, 5.41) is 6.34. The van der Waals surface area contributed by atoms with Crippen LogP contribution in [0.2, 0.25) is 0 Å². The Morgan fingerprint density at radius 1 is 0.818 bits per heavy atom. The van der Waals surface area contributed by atoms with E-state index in [2.05, 4.69) is 15.8 Å². The molecule has 3 aromatic carbocycles. The highest BCUT2D eigenvalue weighted by molar-refractivity contribution is 6.35. The van der Waals surface area contributed by atoms with Crippen LogP contribution < -0.4 is 20.2 Å². The van der Waals surface area contributed by atoms with Crippen molar-refractivity contribution in [3.05, 3.63) is 101 Å². The zero-order valence-electron chi connectivity index (χ0n) is 17.4. The van der Waals surface area contributed by atoms with E-state index >= 15 is 0 Å². The van der Waals surface area contributed by atoms with Crippen molar-refractivity contribution in [1.82, 2.24) is 10.7 Å². The van der Waals surface area contributed by atoms with Gasteiger partial charge in [0.05, 0.1) is 6.21 Å². The number of fused-ring (bicyclic) bond motifs is 1. The third-order valence-electron chi connectivity index (χ3n) is 4.64. The standard InChI is InChI=1S/C25H19N3O5/c29-21(18-7-3-1-4-8-18)15-26-28-25(31)20(27-24(30)19-9-5-2-6-10-19)13-17-11-12-22-23(14-17)33-16-32-22/h1-15H,16H2,(H,27,30)(H,28,31)/b20-13+,26-15?. The van der Waals surface area contributed by atoms with Crippen molar-refractivity contribution < 1.29 is 23.9 Å². The average molecular weight is 441 g/mol. The van der Waals surface area contributed by atoms with E-state index in [0.717, 1.165) is 6.21 Å².